The molecule has 0 unspecified atom stereocenters. The van der Waals surface area contributed by atoms with Crippen LogP contribution in [0.5, 0.6) is 0 Å². The molecule has 25 heavy (non-hydrogen) atoms. The summed E-state index contributed by atoms with van der Waals surface area (Å²) in [5.74, 6) is 0. The van der Waals surface area contributed by atoms with Gasteiger partial charge in [0.15, 0.2) is 0 Å². The van der Waals surface area contributed by atoms with Crippen LogP contribution in [-0.4, -0.2) is 29.5 Å². The molecule has 9 heteroatoms. The molecule has 0 fully saturated rings. The largest absolute Gasteiger partial charge is 0.328 e. The van der Waals surface area contributed by atoms with Crippen molar-refractivity contribution in [1.82, 2.24) is 9.55 Å². The van der Waals surface area contributed by atoms with Crippen LogP contribution in [-0.2, 0) is 20.8 Å². The van der Waals surface area contributed by atoms with E-state index < -0.39 is 15.0 Å². The summed E-state index contributed by atoms with van der Waals surface area (Å²) in [6, 6.07) is 10.7. The van der Waals surface area contributed by atoms with E-state index in [1.807, 2.05) is 6.92 Å². The highest BCUT2D eigenvalue weighted by Crippen LogP contribution is 2.20. The average Bonchev–Trinajstić information content (AvgIpc) is 2.97. The molecule has 0 aliphatic carbocycles. The molecule has 3 rings (SSSR count). The van der Waals surface area contributed by atoms with Gasteiger partial charge in [0, 0.05) is 18.7 Å². The Balaban J connectivity index is 1.70. The Morgan fingerprint density at radius 2 is 1.92 bits per heavy atom. The fourth-order valence-electron chi connectivity index (χ4n) is 2.36. The van der Waals surface area contributed by atoms with Gasteiger partial charge in [-0.1, -0.05) is 17.7 Å². The van der Waals surface area contributed by atoms with Gasteiger partial charge in [-0.05, 0) is 25.1 Å². The topological polar surface area (TPSA) is 104 Å². The lowest BCUT2D eigenvalue weighted by Crippen LogP contribution is -2.11. The van der Waals surface area contributed by atoms with Crippen LogP contribution < -0.4 is 0 Å². The van der Waals surface area contributed by atoms with Crippen LogP contribution >= 0.6 is 0 Å². The maximum absolute atomic E-state index is 12.1. The number of aromatic nitrogens is 2. The van der Waals surface area contributed by atoms with Gasteiger partial charge in [-0.3, -0.25) is 14.3 Å². The number of non-ortho nitro benzene ring substituents is 1. The number of nitrogens with zero attached hydrogens (tertiary/aromatic N) is 3. The zero-order valence-electron chi connectivity index (χ0n) is 13.3. The number of hydrogen-bond donors (Lipinski definition) is 0. The van der Waals surface area contributed by atoms with Gasteiger partial charge < -0.3 is 4.57 Å². The van der Waals surface area contributed by atoms with E-state index in [9.17, 15) is 18.5 Å². The first-order valence-electron chi connectivity index (χ1n) is 7.42. The van der Waals surface area contributed by atoms with E-state index in [0.717, 1.165) is 5.56 Å². The Labute approximate surface area is 144 Å². The van der Waals surface area contributed by atoms with Gasteiger partial charge in [0.2, 0.25) is 0 Å². The van der Waals surface area contributed by atoms with Crippen molar-refractivity contribution in [3.05, 3.63) is 64.5 Å². The van der Waals surface area contributed by atoms with Gasteiger partial charge >= 0.3 is 0 Å². The molecular formula is C16H15N3O5S. The number of nitro groups is 1. The lowest BCUT2D eigenvalue weighted by Gasteiger charge is -2.07. The van der Waals surface area contributed by atoms with E-state index in [0.29, 0.717) is 11.0 Å². The predicted octanol–water partition coefficient (Wildman–Crippen LogP) is 2.66. The molecule has 2 aromatic carbocycles. The highest BCUT2D eigenvalue weighted by molar-refractivity contribution is 7.86. The van der Waals surface area contributed by atoms with Crippen molar-refractivity contribution >= 4 is 26.8 Å². The van der Waals surface area contributed by atoms with Gasteiger partial charge in [0.05, 0.1) is 33.8 Å². The number of rotatable bonds is 6. The van der Waals surface area contributed by atoms with Crippen molar-refractivity contribution in [2.75, 3.05) is 6.61 Å². The number of benzene rings is 2. The van der Waals surface area contributed by atoms with Gasteiger partial charge in [-0.2, -0.15) is 8.42 Å². The highest BCUT2D eigenvalue weighted by atomic mass is 32.2. The summed E-state index contributed by atoms with van der Waals surface area (Å²) in [5.41, 5.74) is 2.05. The Bertz CT molecular complexity index is 1030. The van der Waals surface area contributed by atoms with Crippen molar-refractivity contribution in [3.8, 4) is 0 Å². The summed E-state index contributed by atoms with van der Waals surface area (Å²) in [6.07, 6.45) is 1.50. The Kier molecular flexibility index (Phi) is 4.51. The standard InChI is InChI=1S/C16H15N3O5S/c1-12-2-5-14(6-3-12)25(22,23)24-9-8-18-11-17-15-10-13(19(20)21)4-7-16(15)18/h2-7,10-11H,8-9H2,1H3. The van der Waals surface area contributed by atoms with Crippen LogP contribution in [0, 0.1) is 17.0 Å². The third-order valence-electron chi connectivity index (χ3n) is 3.70. The lowest BCUT2D eigenvalue weighted by atomic mass is 10.2. The average molecular weight is 361 g/mol. The fraction of sp³-hybridized carbons (Fsp3) is 0.188. The molecule has 0 saturated heterocycles. The third-order valence-corrected chi connectivity index (χ3v) is 5.02. The molecule has 8 nitrogen and oxygen atoms in total. The molecule has 3 aromatic rings. The molecule has 130 valence electrons. The molecule has 1 aromatic heterocycles. The molecule has 0 aliphatic heterocycles. The molecule has 0 radical (unpaired) electrons. The van der Waals surface area contributed by atoms with Crippen molar-refractivity contribution in [2.45, 2.75) is 18.4 Å². The van der Waals surface area contributed by atoms with Crippen molar-refractivity contribution < 1.29 is 17.5 Å². The van der Waals surface area contributed by atoms with Crippen LogP contribution in [0.25, 0.3) is 11.0 Å². The van der Waals surface area contributed by atoms with Crippen molar-refractivity contribution in [1.29, 1.82) is 0 Å². The van der Waals surface area contributed by atoms with Crippen LogP contribution in [0.2, 0.25) is 0 Å². The minimum absolute atomic E-state index is 0.0454. The number of aryl methyl sites for hydroxylation is 1. The summed E-state index contributed by atoms with van der Waals surface area (Å²) in [6.45, 7) is 2.05. The Morgan fingerprint density at radius 3 is 2.60 bits per heavy atom. The number of imidazole rings is 1. The van der Waals surface area contributed by atoms with Gasteiger partial charge in [-0.25, -0.2) is 4.98 Å². The van der Waals surface area contributed by atoms with E-state index in [1.54, 1.807) is 22.8 Å². The monoisotopic (exact) mass is 361 g/mol. The van der Waals surface area contributed by atoms with E-state index in [1.165, 1.54) is 30.6 Å². The number of hydrogen-bond acceptors (Lipinski definition) is 6. The van der Waals surface area contributed by atoms with E-state index >= 15 is 0 Å². The molecular weight excluding hydrogens is 346 g/mol. The smallest absolute Gasteiger partial charge is 0.297 e. The van der Waals surface area contributed by atoms with Crippen LogP contribution in [0.4, 0.5) is 5.69 Å². The van der Waals surface area contributed by atoms with Crippen LogP contribution in [0.1, 0.15) is 5.56 Å². The first-order valence-corrected chi connectivity index (χ1v) is 8.83. The Morgan fingerprint density at radius 1 is 1.20 bits per heavy atom. The maximum Gasteiger partial charge on any atom is 0.297 e. The minimum atomic E-state index is -3.82. The molecule has 1 heterocycles. The molecule has 0 saturated carbocycles. The molecule has 0 amide bonds. The second kappa shape index (κ2) is 6.61. The van der Waals surface area contributed by atoms with Gasteiger partial charge in [-0.15, -0.1) is 0 Å². The molecule has 0 atom stereocenters. The van der Waals surface area contributed by atoms with Gasteiger partial charge in [0.25, 0.3) is 15.8 Å². The minimum Gasteiger partial charge on any atom is -0.328 e. The molecule has 0 aliphatic rings. The second-order valence-corrected chi connectivity index (χ2v) is 7.07. The van der Waals surface area contributed by atoms with E-state index in [2.05, 4.69) is 4.98 Å². The van der Waals surface area contributed by atoms with Gasteiger partial charge in [0.1, 0.15) is 0 Å². The molecule has 0 spiro atoms. The first kappa shape index (κ1) is 17.1. The maximum atomic E-state index is 12.1. The zero-order valence-corrected chi connectivity index (χ0v) is 14.1. The molecule has 0 bridgehead atoms. The summed E-state index contributed by atoms with van der Waals surface area (Å²) in [7, 11) is -3.82. The van der Waals surface area contributed by atoms with E-state index in [-0.39, 0.29) is 23.7 Å². The lowest BCUT2D eigenvalue weighted by molar-refractivity contribution is -0.384. The summed E-state index contributed by atoms with van der Waals surface area (Å²) < 4.78 is 31.0. The number of fused-ring (bicyclic) bond motifs is 1. The zero-order chi connectivity index (χ0) is 18.0. The van der Waals surface area contributed by atoms with E-state index in [4.69, 9.17) is 4.18 Å². The predicted molar refractivity (Wildman–Crippen MR) is 90.7 cm³/mol. The SMILES string of the molecule is Cc1ccc(S(=O)(=O)OCCn2cnc3cc([N+](=O)[O-])ccc32)cc1. The quantitative estimate of drug-likeness (QED) is 0.380. The second-order valence-electron chi connectivity index (χ2n) is 5.46. The van der Waals surface area contributed by atoms with Crippen LogP contribution in [0.15, 0.2) is 53.7 Å². The van der Waals surface area contributed by atoms with Crippen molar-refractivity contribution in [2.24, 2.45) is 0 Å². The Hall–Kier alpha value is -2.78. The summed E-state index contributed by atoms with van der Waals surface area (Å²) in [5, 5.41) is 10.8. The molecule has 0 N–H and O–H groups in total. The third kappa shape index (κ3) is 3.67. The summed E-state index contributed by atoms with van der Waals surface area (Å²) in [4.78, 5) is 14.5. The highest BCUT2D eigenvalue weighted by Gasteiger charge is 2.15. The normalized spacial score (nSPS) is 11.7. The number of nitro benzene ring substituents is 1. The van der Waals surface area contributed by atoms with Crippen LogP contribution in [0.3, 0.4) is 0 Å². The first-order chi connectivity index (χ1) is 11.9. The summed E-state index contributed by atoms with van der Waals surface area (Å²) >= 11 is 0. The fourth-order valence-corrected chi connectivity index (χ4v) is 3.26. The van der Waals surface area contributed by atoms with Crippen molar-refractivity contribution in [3.63, 3.8) is 0 Å².